The molecule has 4 nitrogen and oxygen atoms in total. The van der Waals surface area contributed by atoms with Gasteiger partial charge in [0, 0.05) is 13.1 Å². The first-order valence-electron chi connectivity index (χ1n) is 8.11. The molecule has 3 rings (SSSR count). The lowest BCUT2D eigenvalue weighted by Gasteiger charge is -2.24. The number of nitrogens with one attached hydrogen (secondary N) is 1. The maximum Gasteiger partial charge on any atom is 0.321 e. The molecule has 1 aromatic carbocycles. The van der Waals surface area contributed by atoms with Crippen LogP contribution in [0.4, 0.5) is 10.5 Å². The molecular weight excluding hydrogens is 276 g/mol. The van der Waals surface area contributed by atoms with Crippen LogP contribution < -0.4 is 10.1 Å². The number of carbonyl (C=O) groups excluding carboxylic acids is 1. The molecule has 2 aliphatic rings. The van der Waals surface area contributed by atoms with Gasteiger partial charge in [0.1, 0.15) is 12.4 Å². The number of carbonyl (C=O) groups is 1. The molecular formula is C18H24N2O2. The Labute approximate surface area is 132 Å². The monoisotopic (exact) mass is 300 g/mol. The lowest BCUT2D eigenvalue weighted by Crippen LogP contribution is -2.34. The van der Waals surface area contributed by atoms with Gasteiger partial charge >= 0.3 is 6.03 Å². The first-order chi connectivity index (χ1) is 10.7. The highest BCUT2D eigenvalue weighted by Crippen LogP contribution is 2.45. The Kier molecular flexibility index (Phi) is 4.36. The van der Waals surface area contributed by atoms with Crippen molar-refractivity contribution >= 4 is 11.7 Å². The predicted molar refractivity (Wildman–Crippen MR) is 88.2 cm³/mol. The number of para-hydroxylation sites is 2. The minimum absolute atomic E-state index is 0.0153. The van der Waals surface area contributed by atoms with Crippen molar-refractivity contribution in [2.75, 3.05) is 25.0 Å². The largest absolute Gasteiger partial charge is 0.487 e. The third kappa shape index (κ3) is 3.11. The summed E-state index contributed by atoms with van der Waals surface area (Å²) in [4.78, 5) is 14.5. The molecule has 0 unspecified atom stereocenters. The van der Waals surface area contributed by atoms with Gasteiger partial charge in [-0.2, -0.15) is 0 Å². The highest BCUT2D eigenvalue weighted by molar-refractivity contribution is 5.91. The molecule has 1 heterocycles. The Morgan fingerprint density at radius 2 is 2.09 bits per heavy atom. The number of likely N-dealkylation sites (tertiary alicyclic amines) is 1. The van der Waals surface area contributed by atoms with E-state index in [-0.39, 0.29) is 6.03 Å². The van der Waals surface area contributed by atoms with Crippen molar-refractivity contribution in [3.05, 3.63) is 36.9 Å². The van der Waals surface area contributed by atoms with Gasteiger partial charge in [0.15, 0.2) is 0 Å². The van der Waals surface area contributed by atoms with Gasteiger partial charge in [0.25, 0.3) is 0 Å². The zero-order valence-electron chi connectivity index (χ0n) is 13.0. The summed E-state index contributed by atoms with van der Waals surface area (Å²) >= 11 is 0. The number of hydrogen-bond donors (Lipinski definition) is 1. The van der Waals surface area contributed by atoms with Crippen molar-refractivity contribution in [1.82, 2.24) is 4.90 Å². The van der Waals surface area contributed by atoms with Crippen LogP contribution in [0.2, 0.25) is 0 Å². The third-order valence-electron chi connectivity index (χ3n) is 4.88. The van der Waals surface area contributed by atoms with Crippen molar-refractivity contribution in [3.63, 3.8) is 0 Å². The Hall–Kier alpha value is -1.97. The van der Waals surface area contributed by atoms with E-state index in [1.807, 2.05) is 29.2 Å². The predicted octanol–water partition coefficient (Wildman–Crippen LogP) is 4.05. The van der Waals surface area contributed by atoms with E-state index in [1.54, 1.807) is 6.08 Å². The van der Waals surface area contributed by atoms with Crippen LogP contribution in [0.25, 0.3) is 0 Å². The second kappa shape index (κ2) is 6.42. The summed E-state index contributed by atoms with van der Waals surface area (Å²) in [6, 6.07) is 7.52. The van der Waals surface area contributed by atoms with Gasteiger partial charge < -0.3 is 15.0 Å². The van der Waals surface area contributed by atoms with Gasteiger partial charge in [0.2, 0.25) is 0 Å². The number of amides is 2. The fourth-order valence-electron chi connectivity index (χ4n) is 3.68. The van der Waals surface area contributed by atoms with E-state index in [1.165, 1.54) is 25.7 Å². The van der Waals surface area contributed by atoms with Crippen LogP contribution in [0.3, 0.4) is 0 Å². The maximum absolute atomic E-state index is 12.5. The summed E-state index contributed by atoms with van der Waals surface area (Å²) in [6.45, 7) is 5.84. The van der Waals surface area contributed by atoms with Crippen molar-refractivity contribution in [1.29, 1.82) is 0 Å². The molecule has 0 aromatic heterocycles. The molecule has 1 N–H and O–H groups in total. The van der Waals surface area contributed by atoms with E-state index < -0.39 is 0 Å². The van der Waals surface area contributed by atoms with E-state index in [0.717, 1.165) is 25.2 Å². The molecule has 118 valence electrons. The molecule has 4 heteroatoms. The maximum atomic E-state index is 12.5. The lowest BCUT2D eigenvalue weighted by molar-refractivity contribution is 0.213. The Morgan fingerprint density at radius 3 is 2.86 bits per heavy atom. The SMILES string of the molecule is C=CCOc1ccccc1NC(=O)N1CCC2(CCCC2)C1. The highest BCUT2D eigenvalue weighted by Gasteiger charge is 2.41. The lowest BCUT2D eigenvalue weighted by atomic mass is 9.86. The van der Waals surface area contributed by atoms with Crippen molar-refractivity contribution in [2.24, 2.45) is 5.41 Å². The Balaban J connectivity index is 1.63. The number of anilines is 1. The van der Waals surface area contributed by atoms with Gasteiger partial charge in [-0.15, -0.1) is 0 Å². The van der Waals surface area contributed by atoms with E-state index >= 15 is 0 Å². The summed E-state index contributed by atoms with van der Waals surface area (Å²) in [5.74, 6) is 0.686. The molecule has 1 aromatic rings. The second-order valence-corrected chi connectivity index (χ2v) is 6.40. The summed E-state index contributed by atoms with van der Waals surface area (Å²) < 4.78 is 5.59. The first-order valence-corrected chi connectivity index (χ1v) is 8.11. The molecule has 2 amide bonds. The van der Waals surface area contributed by atoms with Crippen LogP contribution in [0, 0.1) is 5.41 Å². The second-order valence-electron chi connectivity index (χ2n) is 6.40. The van der Waals surface area contributed by atoms with Gasteiger partial charge in [0.05, 0.1) is 5.69 Å². The molecule has 22 heavy (non-hydrogen) atoms. The van der Waals surface area contributed by atoms with E-state index in [9.17, 15) is 4.79 Å². The molecule has 1 aliphatic heterocycles. The van der Waals surface area contributed by atoms with Gasteiger partial charge in [-0.05, 0) is 36.8 Å². The fraction of sp³-hybridized carbons (Fsp3) is 0.500. The number of benzene rings is 1. The molecule has 1 saturated heterocycles. The topological polar surface area (TPSA) is 41.6 Å². The molecule has 2 fully saturated rings. The quantitative estimate of drug-likeness (QED) is 0.852. The summed E-state index contributed by atoms with van der Waals surface area (Å²) in [6.07, 6.45) is 8.02. The molecule has 1 aliphatic carbocycles. The van der Waals surface area contributed by atoms with Crippen LogP contribution in [-0.2, 0) is 0 Å². The highest BCUT2D eigenvalue weighted by atomic mass is 16.5. The zero-order chi connectivity index (χ0) is 15.4. The number of ether oxygens (including phenoxy) is 1. The Bertz CT molecular complexity index is 550. The average Bonchev–Trinajstić information content (AvgIpc) is 3.17. The fourth-order valence-corrected chi connectivity index (χ4v) is 3.68. The molecule has 0 atom stereocenters. The summed E-state index contributed by atoms with van der Waals surface area (Å²) in [5, 5.41) is 3.00. The average molecular weight is 300 g/mol. The van der Waals surface area contributed by atoms with E-state index in [4.69, 9.17) is 4.74 Å². The molecule has 1 saturated carbocycles. The van der Waals surface area contributed by atoms with Crippen LogP contribution in [0.15, 0.2) is 36.9 Å². The van der Waals surface area contributed by atoms with Crippen LogP contribution >= 0.6 is 0 Å². The molecule has 0 radical (unpaired) electrons. The zero-order valence-corrected chi connectivity index (χ0v) is 13.0. The standard InChI is InChI=1S/C18H24N2O2/c1-2-13-22-16-8-4-3-7-15(16)19-17(21)20-12-11-18(14-20)9-5-6-10-18/h2-4,7-8H,1,5-6,9-14H2,(H,19,21). The smallest absolute Gasteiger partial charge is 0.321 e. The first kappa shape index (κ1) is 14.9. The molecule has 1 spiro atoms. The Morgan fingerprint density at radius 1 is 1.32 bits per heavy atom. The third-order valence-corrected chi connectivity index (χ3v) is 4.88. The number of nitrogens with zero attached hydrogens (tertiary/aromatic N) is 1. The van der Waals surface area contributed by atoms with Gasteiger partial charge in [-0.3, -0.25) is 0 Å². The van der Waals surface area contributed by atoms with Crippen molar-refractivity contribution < 1.29 is 9.53 Å². The van der Waals surface area contributed by atoms with Crippen molar-refractivity contribution in [3.8, 4) is 5.75 Å². The minimum atomic E-state index is -0.0153. The molecule has 0 bridgehead atoms. The summed E-state index contributed by atoms with van der Waals surface area (Å²) in [7, 11) is 0. The number of urea groups is 1. The normalized spacial score (nSPS) is 19.4. The van der Waals surface area contributed by atoms with E-state index in [0.29, 0.717) is 17.8 Å². The van der Waals surface area contributed by atoms with Crippen molar-refractivity contribution in [2.45, 2.75) is 32.1 Å². The number of hydrogen-bond acceptors (Lipinski definition) is 2. The summed E-state index contributed by atoms with van der Waals surface area (Å²) in [5.41, 5.74) is 1.12. The minimum Gasteiger partial charge on any atom is -0.487 e. The van der Waals surface area contributed by atoms with Crippen LogP contribution in [-0.4, -0.2) is 30.6 Å². The van der Waals surface area contributed by atoms with Crippen LogP contribution in [0.5, 0.6) is 5.75 Å². The van der Waals surface area contributed by atoms with Crippen LogP contribution in [0.1, 0.15) is 32.1 Å². The van der Waals surface area contributed by atoms with Gasteiger partial charge in [-0.25, -0.2) is 4.79 Å². The van der Waals surface area contributed by atoms with Gasteiger partial charge in [-0.1, -0.05) is 37.6 Å². The number of rotatable bonds is 4. The van der Waals surface area contributed by atoms with E-state index in [2.05, 4.69) is 11.9 Å².